The average molecular weight is 478 g/mol. The Morgan fingerprint density at radius 3 is 2.59 bits per heavy atom. The highest BCUT2D eigenvalue weighted by Crippen LogP contribution is 2.40. The van der Waals surface area contributed by atoms with Gasteiger partial charge in [-0.25, -0.2) is 4.98 Å². The first-order valence-electron chi connectivity index (χ1n) is 10.9. The highest BCUT2D eigenvalue weighted by Gasteiger charge is 2.24. The van der Waals surface area contributed by atoms with Gasteiger partial charge in [0, 0.05) is 16.1 Å². The molecule has 4 aromatic rings. The van der Waals surface area contributed by atoms with Crippen LogP contribution in [0.4, 0.5) is 10.8 Å². The molecule has 0 aliphatic carbocycles. The van der Waals surface area contributed by atoms with Crippen molar-refractivity contribution in [3.8, 4) is 11.5 Å². The molecule has 1 aromatic carbocycles. The van der Waals surface area contributed by atoms with Crippen molar-refractivity contribution < 1.29 is 18.7 Å². The second-order valence-corrected chi connectivity index (χ2v) is 8.77. The Hall–Kier alpha value is -3.78. The Bertz CT molecular complexity index is 1270. The van der Waals surface area contributed by atoms with Crippen molar-refractivity contribution in [1.82, 2.24) is 4.98 Å². The number of carbonyl (C=O) groups excluding carboxylic acids is 1. The van der Waals surface area contributed by atoms with Crippen LogP contribution in [0, 0.1) is 6.92 Å². The minimum atomic E-state index is -0.308. The normalized spacial score (nSPS) is 11.6. The minimum absolute atomic E-state index is 0.258. The third-order valence-corrected chi connectivity index (χ3v) is 6.58. The summed E-state index contributed by atoms with van der Waals surface area (Å²) in [5.41, 5.74) is 2.77. The Kier molecular flexibility index (Phi) is 7.18. The van der Waals surface area contributed by atoms with E-state index in [1.807, 2.05) is 43.3 Å². The number of hydrogen-bond donors (Lipinski definition) is 2. The van der Waals surface area contributed by atoms with E-state index in [2.05, 4.69) is 28.6 Å². The van der Waals surface area contributed by atoms with E-state index in [1.165, 1.54) is 6.26 Å². The molecule has 2 N–H and O–H groups in total. The zero-order chi connectivity index (χ0) is 24.1. The lowest BCUT2D eigenvalue weighted by Crippen LogP contribution is -2.17. The predicted molar refractivity (Wildman–Crippen MR) is 134 cm³/mol. The van der Waals surface area contributed by atoms with Crippen molar-refractivity contribution in [3.05, 3.63) is 88.3 Å². The maximum absolute atomic E-state index is 12.8. The molecule has 1 atom stereocenters. The molecule has 0 saturated carbocycles. The van der Waals surface area contributed by atoms with Gasteiger partial charge in [-0.1, -0.05) is 19.1 Å². The number of benzene rings is 1. The van der Waals surface area contributed by atoms with Gasteiger partial charge in [-0.2, -0.15) is 0 Å². The van der Waals surface area contributed by atoms with Gasteiger partial charge in [0.25, 0.3) is 5.91 Å². The fourth-order valence-electron chi connectivity index (χ4n) is 3.66. The number of rotatable bonds is 9. The van der Waals surface area contributed by atoms with Crippen LogP contribution in [0.2, 0.25) is 0 Å². The van der Waals surface area contributed by atoms with E-state index in [4.69, 9.17) is 13.9 Å². The quantitative estimate of drug-likeness (QED) is 0.304. The summed E-state index contributed by atoms with van der Waals surface area (Å²) in [7, 11) is 3.22. The lowest BCUT2D eigenvalue weighted by atomic mass is 9.99. The van der Waals surface area contributed by atoms with Crippen LogP contribution < -0.4 is 20.1 Å². The van der Waals surface area contributed by atoms with Crippen LogP contribution in [0.3, 0.4) is 0 Å². The molecule has 3 heterocycles. The molecule has 0 aliphatic heterocycles. The second-order valence-electron chi connectivity index (χ2n) is 7.64. The summed E-state index contributed by atoms with van der Waals surface area (Å²) >= 11 is 1.55. The van der Waals surface area contributed by atoms with Crippen LogP contribution in [0.1, 0.15) is 45.2 Å². The molecule has 4 rings (SSSR count). The van der Waals surface area contributed by atoms with E-state index in [0.717, 1.165) is 38.9 Å². The molecular weight excluding hydrogens is 450 g/mol. The Morgan fingerprint density at radius 1 is 1.09 bits per heavy atom. The van der Waals surface area contributed by atoms with Crippen LogP contribution in [-0.4, -0.2) is 25.1 Å². The highest BCUT2D eigenvalue weighted by atomic mass is 32.1. The van der Waals surface area contributed by atoms with Crippen LogP contribution in [0.15, 0.2) is 65.3 Å². The molecule has 0 unspecified atom stereocenters. The van der Waals surface area contributed by atoms with Crippen LogP contribution in [0.25, 0.3) is 0 Å². The number of carbonyl (C=O) groups is 1. The van der Waals surface area contributed by atoms with Crippen LogP contribution >= 0.6 is 11.3 Å². The van der Waals surface area contributed by atoms with Crippen molar-refractivity contribution in [2.45, 2.75) is 26.3 Å². The molecule has 0 spiro atoms. The molecule has 0 bridgehead atoms. The molecular formula is C26H27N3O4S. The Morgan fingerprint density at radius 2 is 1.91 bits per heavy atom. The van der Waals surface area contributed by atoms with Gasteiger partial charge in [0.05, 0.1) is 26.5 Å². The average Bonchev–Trinajstić information content (AvgIpc) is 3.52. The number of nitrogens with one attached hydrogen (secondary N) is 2. The number of hydrogen-bond acceptors (Lipinski definition) is 7. The van der Waals surface area contributed by atoms with Gasteiger partial charge >= 0.3 is 0 Å². The predicted octanol–water partition coefficient (Wildman–Crippen LogP) is 6.08. The number of thiophene rings is 1. The molecule has 1 amide bonds. The van der Waals surface area contributed by atoms with Gasteiger partial charge in [0.1, 0.15) is 10.8 Å². The number of nitrogens with zero attached hydrogens (tertiary/aromatic N) is 1. The van der Waals surface area contributed by atoms with Gasteiger partial charge in [0.15, 0.2) is 17.3 Å². The maximum Gasteiger partial charge on any atom is 0.291 e. The van der Waals surface area contributed by atoms with E-state index in [1.54, 1.807) is 37.7 Å². The summed E-state index contributed by atoms with van der Waals surface area (Å²) in [4.78, 5) is 18.6. The third kappa shape index (κ3) is 5.07. The fourth-order valence-corrected chi connectivity index (χ4v) is 4.69. The lowest BCUT2D eigenvalue weighted by Gasteiger charge is -2.22. The number of aromatic nitrogens is 1. The van der Waals surface area contributed by atoms with Crippen molar-refractivity contribution in [1.29, 1.82) is 0 Å². The van der Waals surface area contributed by atoms with Gasteiger partial charge in [-0.3, -0.25) is 4.79 Å². The number of aryl methyl sites for hydroxylation is 2. The largest absolute Gasteiger partial charge is 0.493 e. The summed E-state index contributed by atoms with van der Waals surface area (Å²) < 4.78 is 16.3. The van der Waals surface area contributed by atoms with Crippen molar-refractivity contribution in [2.75, 3.05) is 24.9 Å². The Labute approximate surface area is 202 Å². The number of methoxy groups -OCH3 is 2. The molecule has 176 valence electrons. The topological polar surface area (TPSA) is 85.6 Å². The minimum Gasteiger partial charge on any atom is -0.493 e. The number of amides is 1. The molecule has 34 heavy (non-hydrogen) atoms. The number of furan rings is 1. The molecule has 0 fully saturated rings. The SMILES string of the molecule is CCc1cc([C@H](Nc2cccc(C)n2)c2ccc(OC)c(OC)c2)c(NC(=O)c2ccco2)s1. The molecule has 0 aliphatic rings. The van der Waals surface area contributed by atoms with Gasteiger partial charge < -0.3 is 24.5 Å². The summed E-state index contributed by atoms with van der Waals surface area (Å²) in [5.74, 6) is 1.96. The molecule has 7 nitrogen and oxygen atoms in total. The monoisotopic (exact) mass is 477 g/mol. The first kappa shape index (κ1) is 23.4. The van der Waals surface area contributed by atoms with Crippen molar-refractivity contribution >= 4 is 28.1 Å². The lowest BCUT2D eigenvalue weighted by molar-refractivity contribution is 0.0997. The molecule has 3 aromatic heterocycles. The summed E-state index contributed by atoms with van der Waals surface area (Å²) in [6.07, 6.45) is 2.33. The van der Waals surface area contributed by atoms with E-state index in [-0.39, 0.29) is 17.7 Å². The first-order chi connectivity index (χ1) is 16.5. The van der Waals surface area contributed by atoms with Crippen LogP contribution in [0.5, 0.6) is 11.5 Å². The molecule has 8 heteroatoms. The van der Waals surface area contributed by atoms with Crippen LogP contribution in [-0.2, 0) is 6.42 Å². The summed E-state index contributed by atoms with van der Waals surface area (Å²) in [6.45, 7) is 4.04. The van der Waals surface area contributed by atoms with Gasteiger partial charge in [-0.15, -0.1) is 11.3 Å². The van der Waals surface area contributed by atoms with E-state index >= 15 is 0 Å². The standard InChI is InChI=1S/C26H27N3O4S/c1-5-18-15-19(26(34-18)29-25(30)21-9-7-13-33-21)24(28-23-10-6-8-16(2)27-23)17-11-12-20(31-3)22(14-17)32-4/h6-15,24H,5H2,1-4H3,(H,27,28)(H,29,30)/t24-/m1/s1. The maximum atomic E-state index is 12.8. The zero-order valence-corrected chi connectivity index (χ0v) is 20.4. The van der Waals surface area contributed by atoms with E-state index < -0.39 is 0 Å². The highest BCUT2D eigenvalue weighted by molar-refractivity contribution is 7.16. The summed E-state index contributed by atoms with van der Waals surface area (Å²) in [6, 6.07) is 16.8. The third-order valence-electron chi connectivity index (χ3n) is 5.36. The Balaban J connectivity index is 1.80. The molecule has 0 saturated heterocycles. The van der Waals surface area contributed by atoms with Gasteiger partial charge in [0.2, 0.25) is 0 Å². The number of ether oxygens (including phenoxy) is 2. The fraction of sp³-hybridized carbons (Fsp3) is 0.231. The first-order valence-corrected chi connectivity index (χ1v) is 11.7. The van der Waals surface area contributed by atoms with Crippen molar-refractivity contribution in [2.24, 2.45) is 0 Å². The van der Waals surface area contributed by atoms with E-state index in [9.17, 15) is 4.79 Å². The number of pyridine rings is 1. The zero-order valence-electron chi connectivity index (χ0n) is 19.5. The van der Waals surface area contributed by atoms with Crippen molar-refractivity contribution in [3.63, 3.8) is 0 Å². The second kappa shape index (κ2) is 10.4. The van der Waals surface area contributed by atoms with E-state index in [0.29, 0.717) is 11.5 Å². The smallest absolute Gasteiger partial charge is 0.291 e. The number of anilines is 2. The summed E-state index contributed by atoms with van der Waals surface area (Å²) in [5, 5.41) is 7.34. The molecule has 0 radical (unpaired) electrons. The van der Waals surface area contributed by atoms with Gasteiger partial charge in [-0.05, 0) is 61.4 Å².